The molecule has 4 N–H and O–H groups in total. The van der Waals surface area contributed by atoms with Crippen LogP contribution in [0.15, 0.2) is 109 Å². The first-order valence-corrected chi connectivity index (χ1v) is 46.7. The molecule has 0 radical (unpaired) electrons. The van der Waals surface area contributed by atoms with Crippen molar-refractivity contribution < 1.29 is 25.3 Å². The van der Waals surface area contributed by atoms with Crippen LogP contribution in [0.2, 0.25) is 0 Å². The quantitative estimate of drug-likeness (QED) is 0.0355. The minimum absolute atomic E-state index is 0.0303. The number of likely N-dealkylation sites (N-methyl/N-ethyl adjacent to an activating group) is 1. The zero-order chi connectivity index (χ0) is 81.7. The van der Waals surface area contributed by atoms with Gasteiger partial charge >= 0.3 is 0 Å². The van der Waals surface area contributed by atoms with E-state index in [0.29, 0.717) is 29.9 Å². The fraction of sp³-hybridized carbons (Fsp3) is 0.480. The third-order valence-corrected chi connectivity index (χ3v) is 31.0. The van der Waals surface area contributed by atoms with Gasteiger partial charge in [0, 0.05) is 159 Å². The number of thiophene rings is 3. The molecule has 0 bridgehead atoms. The van der Waals surface area contributed by atoms with Gasteiger partial charge < -0.3 is 31.1 Å². The van der Waals surface area contributed by atoms with Gasteiger partial charge in [-0.25, -0.2) is 55.2 Å². The molecule has 7 fully saturated rings. The Morgan fingerprint density at radius 1 is 0.475 bits per heavy atom. The fourth-order valence-corrected chi connectivity index (χ4v) is 21.8. The molecule has 118 heavy (non-hydrogen) atoms. The van der Waals surface area contributed by atoms with Crippen LogP contribution in [0.4, 0.5) is 34.9 Å². The monoisotopic (exact) mass is 1710 g/mol. The molecular formula is C75H89N31O6S6. The molecule has 37 nitrogen and oxygen atoms in total. The number of rotatable bonds is 29. The summed E-state index contributed by atoms with van der Waals surface area (Å²) in [6, 6.07) is 13.2. The molecule has 616 valence electrons. The maximum Gasteiger partial charge on any atom is 0.228 e. The Morgan fingerprint density at radius 2 is 0.864 bits per heavy atom. The van der Waals surface area contributed by atoms with E-state index < -0.39 is 46.7 Å². The number of hydrogen-bond donors (Lipinski definition) is 4. The Labute approximate surface area is 693 Å². The molecule has 0 unspecified atom stereocenters. The van der Waals surface area contributed by atoms with E-state index in [2.05, 4.69) is 96.8 Å². The van der Waals surface area contributed by atoms with Crippen LogP contribution in [0.3, 0.4) is 0 Å². The topological polar surface area (TPSA) is 426 Å². The minimum Gasteiger partial charge on any atom is -0.321 e. The molecule has 1 saturated carbocycles. The van der Waals surface area contributed by atoms with Crippen LogP contribution in [0.5, 0.6) is 0 Å². The fourth-order valence-electron chi connectivity index (χ4n) is 15.5. The van der Waals surface area contributed by atoms with Gasteiger partial charge in [0.2, 0.25) is 47.9 Å². The summed E-state index contributed by atoms with van der Waals surface area (Å²) in [4.78, 5) is 35.9. The average Bonchev–Trinajstić information content (AvgIpc) is 1.37. The molecule has 7 aliphatic rings. The first kappa shape index (κ1) is 80.2. The van der Waals surface area contributed by atoms with Gasteiger partial charge in [-0.3, -0.25) is 33.0 Å². The Balaban J connectivity index is 0.000000127. The molecule has 1 aliphatic carbocycles. The molecule has 12 aromatic rings. The van der Waals surface area contributed by atoms with Crippen LogP contribution in [-0.4, -0.2) is 270 Å². The highest BCUT2D eigenvalue weighted by Crippen LogP contribution is 2.43. The molecule has 0 amide bonds. The Kier molecular flexibility index (Phi) is 22.3. The average molecular weight is 1710 g/mol. The zero-order valence-corrected chi connectivity index (χ0v) is 70.4. The third-order valence-electron chi connectivity index (χ3n) is 23.0. The molecule has 12 aromatic heterocycles. The number of anilines is 6. The van der Waals surface area contributed by atoms with E-state index >= 15 is 0 Å². The number of aryl methyl sites for hydroxylation is 1. The summed E-state index contributed by atoms with van der Waals surface area (Å²) in [5.74, 6) is 2.37. The lowest BCUT2D eigenvalue weighted by molar-refractivity contribution is 0.0719. The predicted octanol–water partition coefficient (Wildman–Crippen LogP) is 7.36. The first-order valence-electron chi connectivity index (χ1n) is 39.3. The summed E-state index contributed by atoms with van der Waals surface area (Å²) in [5.41, 5.74) is 7.34. The normalized spacial score (nSPS) is 18.7. The van der Waals surface area contributed by atoms with Gasteiger partial charge in [-0.05, 0) is 93.9 Å². The lowest BCUT2D eigenvalue weighted by atomic mass is 9.89. The molecule has 6 saturated heterocycles. The second-order valence-electron chi connectivity index (χ2n) is 31.2. The van der Waals surface area contributed by atoms with Crippen molar-refractivity contribution in [1.29, 1.82) is 15.8 Å². The number of hydrogen-bond acceptors (Lipinski definition) is 31. The number of sulfonamides is 3. The molecule has 18 heterocycles. The summed E-state index contributed by atoms with van der Waals surface area (Å²) < 4.78 is 92.0. The molecular weight excluding hydrogens is 1620 g/mol. The van der Waals surface area contributed by atoms with Crippen LogP contribution >= 0.6 is 34.0 Å². The number of nitrogens with zero attached hydrogens (tertiary/aromatic N) is 27. The largest absolute Gasteiger partial charge is 0.321 e. The van der Waals surface area contributed by atoms with E-state index in [-0.39, 0.29) is 75.8 Å². The number of nitrogens with one attached hydrogen (secondary N) is 4. The van der Waals surface area contributed by atoms with E-state index in [1.54, 1.807) is 106 Å². The second kappa shape index (κ2) is 32.9. The van der Waals surface area contributed by atoms with Crippen molar-refractivity contribution >= 4 is 130 Å². The van der Waals surface area contributed by atoms with Crippen molar-refractivity contribution in [2.75, 3.05) is 145 Å². The predicted molar refractivity (Wildman–Crippen MR) is 449 cm³/mol. The highest BCUT2D eigenvalue weighted by atomic mass is 32.2. The van der Waals surface area contributed by atoms with Crippen molar-refractivity contribution in [3.63, 3.8) is 0 Å². The van der Waals surface area contributed by atoms with Gasteiger partial charge in [0.05, 0.1) is 169 Å². The SMILES string of the molecule is CCS(=O)(=O)N1CC(CC#N)(n2cc(-c3nc(Nc4cnn(C5CN(CC6CC6)C5)c4)nc4ccsc34)cn2)C1.CCS(=O)(=O)N1CC(CC#N)(n2cc(-c3nc(Nc4cnn(C5CNC5)c4)nc4ccsc34)cn2)C1.CCS(=O)(=O)N1CC(CC#N)(n2cc(-c3nc(Nc4cnn(CCCN5CCN(C)CC5)c4)nc4ccsc34)cn2)C1. The van der Waals surface area contributed by atoms with Gasteiger partial charge in [0.1, 0.15) is 16.6 Å². The number of fused-ring (bicyclic) bond motifs is 3. The van der Waals surface area contributed by atoms with Crippen molar-refractivity contribution in [3.8, 4) is 52.0 Å². The molecule has 0 atom stereocenters. The maximum atomic E-state index is 12.3. The lowest BCUT2D eigenvalue weighted by Crippen LogP contribution is -2.64. The molecule has 0 spiro atoms. The molecule has 0 aromatic carbocycles. The van der Waals surface area contributed by atoms with Crippen LogP contribution in [0.1, 0.15) is 71.4 Å². The third kappa shape index (κ3) is 16.5. The summed E-state index contributed by atoms with van der Waals surface area (Å²) in [5, 5.41) is 74.7. The zero-order valence-electron chi connectivity index (χ0n) is 65.5. The summed E-state index contributed by atoms with van der Waals surface area (Å²) >= 11 is 4.65. The van der Waals surface area contributed by atoms with E-state index in [1.807, 2.05) is 85.6 Å². The smallest absolute Gasteiger partial charge is 0.228 e. The van der Waals surface area contributed by atoms with E-state index in [1.165, 1.54) is 32.3 Å². The van der Waals surface area contributed by atoms with Crippen LogP contribution < -0.4 is 21.3 Å². The van der Waals surface area contributed by atoms with Gasteiger partial charge in [-0.15, -0.1) is 34.0 Å². The number of likely N-dealkylation sites (tertiary alicyclic amines) is 1. The maximum absolute atomic E-state index is 12.3. The standard InChI is InChI=1S/C27H35N11O2S2.C26H30N10O2S2.C22H24N10O2S2/c1-3-42(39,40)37-19-27(20-37,6-7-28)38-17-21(15-30-38)24-25-23(5-14-41-25)32-26(33-24)31-22-16-29-36(18-22)9-4-8-35-12-10-34(2)11-13-35;1-2-40(37,38)34-16-26(17-34,6-7-27)36-12-19(9-29-36)23-24-22(5-8-39-24)31-25(32-23)30-20-10-28-35(13-20)21-14-33(15-21)11-18-3-4-18;1-2-36(33,34)30-13-22(14-30,4-5-23)32-11-15(7-26-32)19-20-18(3-6-35-20)28-21(29-19)27-16-8-25-31(12-16)17-9-24-10-17/h5,14-18H,3-4,6,8-13,19-20H2,1-2H3,(H,31,32,33);5,8-10,12-13,18,21H,2-4,6,11,14-17H2,1H3,(H,30,31,32);3,6-8,11-12,17,24H,2,4,9-10,13-14H2,1H3,(H,27,28,29). The summed E-state index contributed by atoms with van der Waals surface area (Å²) in [6.07, 6.45) is 26.3. The van der Waals surface area contributed by atoms with Crippen molar-refractivity contribution in [2.24, 2.45) is 5.92 Å². The summed E-state index contributed by atoms with van der Waals surface area (Å²) in [6.45, 7) is 17.7. The molecule has 6 aliphatic heterocycles. The Morgan fingerprint density at radius 3 is 1.24 bits per heavy atom. The number of piperazine rings is 1. The van der Waals surface area contributed by atoms with E-state index in [9.17, 15) is 41.0 Å². The van der Waals surface area contributed by atoms with Crippen LogP contribution in [0, 0.1) is 39.9 Å². The Bertz CT molecular complexity index is 6130. The van der Waals surface area contributed by atoms with Crippen molar-refractivity contribution in [2.45, 2.75) is 94.5 Å². The highest BCUT2D eigenvalue weighted by molar-refractivity contribution is 7.89. The van der Waals surface area contributed by atoms with Gasteiger partial charge in [-0.2, -0.15) is 59.3 Å². The first-order chi connectivity index (χ1) is 57.0. The molecule has 43 heteroatoms. The second-order valence-corrected chi connectivity index (χ2v) is 40.7. The highest BCUT2D eigenvalue weighted by Gasteiger charge is 2.52. The van der Waals surface area contributed by atoms with Crippen molar-refractivity contribution in [3.05, 3.63) is 109 Å². The van der Waals surface area contributed by atoms with E-state index in [4.69, 9.17) is 24.9 Å². The van der Waals surface area contributed by atoms with Crippen LogP contribution in [0.25, 0.3) is 64.4 Å². The Hall–Kier alpha value is -10.2. The number of aromatic nitrogens is 18. The van der Waals surface area contributed by atoms with E-state index in [0.717, 1.165) is 159 Å². The van der Waals surface area contributed by atoms with Gasteiger partial charge in [-0.1, -0.05) is 0 Å². The lowest BCUT2D eigenvalue weighted by Gasteiger charge is -2.47. The number of nitriles is 3. The summed E-state index contributed by atoms with van der Waals surface area (Å²) in [7, 11) is -7.80. The minimum atomic E-state index is -3.33. The van der Waals surface area contributed by atoms with Crippen LogP contribution in [-0.2, 0) is 53.2 Å². The molecule has 19 rings (SSSR count). The van der Waals surface area contributed by atoms with Gasteiger partial charge in [0.15, 0.2) is 0 Å². The van der Waals surface area contributed by atoms with Gasteiger partial charge in [0.25, 0.3) is 0 Å². The van der Waals surface area contributed by atoms with Crippen molar-refractivity contribution in [1.82, 2.24) is 122 Å².